The molecular weight excluding hydrogens is 323 g/mol. The lowest BCUT2D eigenvalue weighted by atomic mass is 9.95. The van der Waals surface area contributed by atoms with Crippen molar-refractivity contribution in [3.63, 3.8) is 0 Å². The molecule has 0 saturated carbocycles. The number of rotatable bonds is 3. The normalized spacial score (nSPS) is 12.3. The molecule has 2 nitrogen and oxygen atoms in total. The van der Waals surface area contributed by atoms with Crippen LogP contribution in [0.1, 0.15) is 28.4 Å². The van der Waals surface area contributed by atoms with Crippen LogP contribution in [0.3, 0.4) is 0 Å². The van der Waals surface area contributed by atoms with Crippen molar-refractivity contribution in [2.75, 3.05) is 7.11 Å². The van der Waals surface area contributed by atoms with E-state index in [0.717, 1.165) is 16.9 Å². The molecule has 0 radical (unpaired) electrons. The lowest BCUT2D eigenvalue weighted by molar-refractivity contribution is 0.213. The summed E-state index contributed by atoms with van der Waals surface area (Å²) in [6.45, 7) is 3.76. The van der Waals surface area contributed by atoms with Crippen LogP contribution in [0.4, 0.5) is 4.39 Å². The fourth-order valence-electron chi connectivity index (χ4n) is 2.25. The molecule has 2 rings (SSSR count). The Morgan fingerprint density at radius 3 is 2.50 bits per heavy atom. The average Bonchev–Trinajstić information content (AvgIpc) is 2.40. The molecule has 0 aromatic heterocycles. The van der Waals surface area contributed by atoms with Crippen molar-refractivity contribution < 1.29 is 14.2 Å². The van der Waals surface area contributed by atoms with Crippen LogP contribution >= 0.6 is 15.9 Å². The average molecular weight is 339 g/mol. The molecule has 0 aliphatic heterocycles. The minimum absolute atomic E-state index is 0.250. The minimum atomic E-state index is -1.02. The third-order valence-corrected chi connectivity index (χ3v) is 4.04. The van der Waals surface area contributed by atoms with Crippen molar-refractivity contribution in [2.24, 2.45) is 0 Å². The second-order valence-electron chi connectivity index (χ2n) is 4.72. The molecule has 106 valence electrons. The molecule has 1 unspecified atom stereocenters. The summed E-state index contributed by atoms with van der Waals surface area (Å²) in [6.07, 6.45) is -1.02. The highest BCUT2D eigenvalue weighted by atomic mass is 79.9. The monoisotopic (exact) mass is 338 g/mol. The number of methoxy groups -OCH3 is 1. The molecule has 1 N–H and O–H groups in total. The number of hydrogen-bond donors (Lipinski definition) is 1. The smallest absolute Gasteiger partial charge is 0.130 e. The maximum Gasteiger partial charge on any atom is 0.130 e. The zero-order valence-electron chi connectivity index (χ0n) is 11.6. The Labute approximate surface area is 126 Å². The summed E-state index contributed by atoms with van der Waals surface area (Å²) >= 11 is 3.29. The molecule has 2 aromatic carbocycles. The molecule has 0 spiro atoms. The first-order chi connectivity index (χ1) is 9.45. The molecule has 0 heterocycles. The van der Waals surface area contributed by atoms with Crippen LogP contribution in [-0.2, 0) is 0 Å². The van der Waals surface area contributed by atoms with E-state index in [1.165, 1.54) is 6.07 Å². The van der Waals surface area contributed by atoms with Crippen LogP contribution in [0.2, 0.25) is 0 Å². The second kappa shape index (κ2) is 5.94. The minimum Gasteiger partial charge on any atom is -0.496 e. The molecule has 1 atom stereocenters. The van der Waals surface area contributed by atoms with E-state index in [4.69, 9.17) is 4.74 Å². The quantitative estimate of drug-likeness (QED) is 0.904. The number of aryl methyl sites for hydroxylation is 2. The van der Waals surface area contributed by atoms with Crippen LogP contribution < -0.4 is 4.74 Å². The zero-order valence-corrected chi connectivity index (χ0v) is 13.2. The van der Waals surface area contributed by atoms with E-state index < -0.39 is 11.9 Å². The van der Waals surface area contributed by atoms with Gasteiger partial charge in [-0.15, -0.1) is 0 Å². The van der Waals surface area contributed by atoms with Crippen molar-refractivity contribution in [2.45, 2.75) is 20.0 Å². The van der Waals surface area contributed by atoms with Crippen molar-refractivity contribution in [3.05, 3.63) is 62.9 Å². The van der Waals surface area contributed by atoms with Crippen molar-refractivity contribution in [1.82, 2.24) is 0 Å². The number of benzene rings is 2. The van der Waals surface area contributed by atoms with Crippen LogP contribution in [0.5, 0.6) is 5.75 Å². The van der Waals surface area contributed by atoms with Gasteiger partial charge < -0.3 is 9.84 Å². The maximum atomic E-state index is 13.9. The second-order valence-corrected chi connectivity index (χ2v) is 5.57. The molecule has 0 aliphatic carbocycles. The zero-order chi connectivity index (χ0) is 14.9. The van der Waals surface area contributed by atoms with Gasteiger partial charge in [0.25, 0.3) is 0 Å². The largest absolute Gasteiger partial charge is 0.496 e. The number of ether oxygens (including phenoxy) is 1. The van der Waals surface area contributed by atoms with E-state index >= 15 is 0 Å². The Morgan fingerprint density at radius 1 is 1.20 bits per heavy atom. The molecule has 2 aromatic rings. The standard InChI is InChI=1S/C16H16BrFO2/c1-9-8-14(20-3)10(2)7-11(9)16(19)15-12(17)5-4-6-13(15)18/h4-8,16,19H,1-3H3. The van der Waals surface area contributed by atoms with Crippen LogP contribution in [0.15, 0.2) is 34.8 Å². The van der Waals surface area contributed by atoms with E-state index in [1.54, 1.807) is 19.2 Å². The summed E-state index contributed by atoms with van der Waals surface area (Å²) in [5.41, 5.74) is 2.68. The van der Waals surface area contributed by atoms with Gasteiger partial charge in [-0.3, -0.25) is 0 Å². The molecule has 4 heteroatoms. The summed E-state index contributed by atoms with van der Waals surface area (Å²) in [4.78, 5) is 0. The molecule has 0 aliphatic rings. The summed E-state index contributed by atoms with van der Waals surface area (Å²) in [7, 11) is 1.60. The van der Waals surface area contributed by atoms with Gasteiger partial charge in [-0.1, -0.05) is 22.0 Å². The Hall–Kier alpha value is -1.39. The van der Waals surface area contributed by atoms with Crippen LogP contribution in [0.25, 0.3) is 0 Å². The van der Waals surface area contributed by atoms with Gasteiger partial charge in [0.15, 0.2) is 0 Å². The molecule has 0 bridgehead atoms. The highest BCUT2D eigenvalue weighted by molar-refractivity contribution is 9.10. The first kappa shape index (κ1) is 15.0. The first-order valence-corrected chi connectivity index (χ1v) is 7.02. The molecule has 0 saturated heterocycles. The lowest BCUT2D eigenvalue weighted by Crippen LogP contribution is -2.06. The van der Waals surface area contributed by atoms with E-state index in [-0.39, 0.29) is 5.56 Å². The van der Waals surface area contributed by atoms with Gasteiger partial charge in [0, 0.05) is 10.0 Å². The topological polar surface area (TPSA) is 29.5 Å². The van der Waals surface area contributed by atoms with Gasteiger partial charge in [-0.05, 0) is 54.8 Å². The van der Waals surface area contributed by atoms with E-state index in [0.29, 0.717) is 10.0 Å². The van der Waals surface area contributed by atoms with Crippen molar-refractivity contribution in [1.29, 1.82) is 0 Å². The Kier molecular flexibility index (Phi) is 4.45. The highest BCUT2D eigenvalue weighted by Gasteiger charge is 2.20. The maximum absolute atomic E-state index is 13.9. The summed E-state index contributed by atoms with van der Waals surface area (Å²) < 4.78 is 19.8. The summed E-state index contributed by atoms with van der Waals surface area (Å²) in [6, 6.07) is 8.34. The van der Waals surface area contributed by atoms with Gasteiger partial charge in [0.05, 0.1) is 7.11 Å². The van der Waals surface area contributed by atoms with Gasteiger partial charge >= 0.3 is 0 Å². The van der Waals surface area contributed by atoms with Gasteiger partial charge in [-0.2, -0.15) is 0 Å². The van der Waals surface area contributed by atoms with Crippen LogP contribution in [0, 0.1) is 19.7 Å². The van der Waals surface area contributed by atoms with Gasteiger partial charge in [0.2, 0.25) is 0 Å². The van der Waals surface area contributed by atoms with E-state index in [1.807, 2.05) is 26.0 Å². The fraction of sp³-hybridized carbons (Fsp3) is 0.250. The third kappa shape index (κ3) is 2.72. The SMILES string of the molecule is COc1cc(C)c(C(O)c2c(F)cccc2Br)cc1C. The van der Waals surface area contributed by atoms with Crippen molar-refractivity contribution in [3.8, 4) is 5.75 Å². The highest BCUT2D eigenvalue weighted by Crippen LogP contribution is 2.34. The third-order valence-electron chi connectivity index (χ3n) is 3.35. The summed E-state index contributed by atoms with van der Waals surface area (Å²) in [5.74, 6) is 0.325. The number of hydrogen-bond acceptors (Lipinski definition) is 2. The molecule has 0 fully saturated rings. The summed E-state index contributed by atoms with van der Waals surface area (Å²) in [5, 5.41) is 10.5. The Balaban J connectivity index is 2.54. The van der Waals surface area contributed by atoms with Crippen molar-refractivity contribution >= 4 is 15.9 Å². The number of halogens is 2. The molecular formula is C16H16BrFO2. The Morgan fingerprint density at radius 2 is 1.90 bits per heavy atom. The number of aliphatic hydroxyl groups is 1. The number of aliphatic hydroxyl groups excluding tert-OH is 1. The predicted octanol–water partition coefficient (Wildman–Crippen LogP) is 4.30. The van der Waals surface area contributed by atoms with Crippen LogP contribution in [-0.4, -0.2) is 12.2 Å². The van der Waals surface area contributed by atoms with Gasteiger partial charge in [-0.25, -0.2) is 4.39 Å². The Bertz CT molecular complexity index is 620. The molecule has 0 amide bonds. The van der Waals surface area contributed by atoms with E-state index in [9.17, 15) is 9.50 Å². The van der Waals surface area contributed by atoms with E-state index in [2.05, 4.69) is 15.9 Å². The molecule has 20 heavy (non-hydrogen) atoms. The van der Waals surface area contributed by atoms with Gasteiger partial charge in [0.1, 0.15) is 17.7 Å². The lowest BCUT2D eigenvalue weighted by Gasteiger charge is -2.18. The first-order valence-electron chi connectivity index (χ1n) is 6.22. The fourth-order valence-corrected chi connectivity index (χ4v) is 2.81. The predicted molar refractivity (Wildman–Crippen MR) is 80.6 cm³/mol.